The van der Waals surface area contributed by atoms with Gasteiger partial charge >= 0.3 is 0 Å². The van der Waals surface area contributed by atoms with Gasteiger partial charge in [0, 0.05) is 12.2 Å². The highest BCUT2D eigenvalue weighted by molar-refractivity contribution is 5.75. The third kappa shape index (κ3) is 3.71. The van der Waals surface area contributed by atoms with Gasteiger partial charge in [-0.2, -0.15) is 5.10 Å². The number of nitrogens with one attached hydrogen (secondary N) is 1. The van der Waals surface area contributed by atoms with E-state index in [4.69, 9.17) is 5.11 Å². The molecule has 1 heterocycles. The summed E-state index contributed by atoms with van der Waals surface area (Å²) in [4.78, 5) is 11.4. The van der Waals surface area contributed by atoms with Crippen LogP contribution in [-0.2, 0) is 11.3 Å². The number of aliphatic hydroxyl groups excluding tert-OH is 1. The molecule has 0 unspecified atom stereocenters. The van der Waals surface area contributed by atoms with Gasteiger partial charge in [-0.05, 0) is 26.8 Å². The lowest BCUT2D eigenvalue weighted by Crippen LogP contribution is -2.33. The zero-order valence-corrected chi connectivity index (χ0v) is 9.32. The first-order valence-corrected chi connectivity index (χ1v) is 4.95. The van der Waals surface area contributed by atoms with Crippen LogP contribution in [0.3, 0.4) is 0 Å². The van der Waals surface area contributed by atoms with Gasteiger partial charge in [0.05, 0.1) is 11.8 Å². The lowest BCUT2D eigenvalue weighted by molar-refractivity contribution is -0.122. The Balaban J connectivity index is 2.48. The quantitative estimate of drug-likeness (QED) is 0.736. The Bertz CT molecular complexity index is 344. The number of nitrogens with zero attached hydrogens (tertiary/aromatic N) is 2. The summed E-state index contributed by atoms with van der Waals surface area (Å²) in [6.45, 7) is 5.90. The van der Waals surface area contributed by atoms with Crippen molar-refractivity contribution in [2.24, 2.45) is 0 Å². The summed E-state index contributed by atoms with van der Waals surface area (Å²) in [5.74, 6) is -0.137. The van der Waals surface area contributed by atoms with E-state index in [-0.39, 0.29) is 19.0 Å². The molecule has 2 N–H and O–H groups in total. The van der Waals surface area contributed by atoms with Crippen molar-refractivity contribution < 1.29 is 9.90 Å². The van der Waals surface area contributed by atoms with E-state index in [0.717, 1.165) is 11.4 Å². The second kappa shape index (κ2) is 4.93. The molecule has 0 fully saturated rings. The molecule has 0 aliphatic heterocycles. The van der Waals surface area contributed by atoms with Crippen LogP contribution in [0.4, 0.5) is 0 Å². The summed E-state index contributed by atoms with van der Waals surface area (Å²) in [5, 5.41) is 15.8. The molecule has 1 aromatic rings. The van der Waals surface area contributed by atoms with E-state index >= 15 is 0 Å². The van der Waals surface area contributed by atoms with Crippen LogP contribution in [0, 0.1) is 13.8 Å². The first kappa shape index (κ1) is 11.7. The van der Waals surface area contributed by atoms with Crippen molar-refractivity contribution in [3.05, 3.63) is 17.5 Å². The van der Waals surface area contributed by atoms with Crippen LogP contribution in [0.5, 0.6) is 0 Å². The van der Waals surface area contributed by atoms with Gasteiger partial charge in [0.1, 0.15) is 6.54 Å². The molecule has 15 heavy (non-hydrogen) atoms. The summed E-state index contributed by atoms with van der Waals surface area (Å²) in [5.41, 5.74) is 1.86. The molecule has 1 aromatic heterocycles. The number of hydrogen-bond acceptors (Lipinski definition) is 3. The molecule has 0 spiro atoms. The highest BCUT2D eigenvalue weighted by Gasteiger charge is 2.07. The molecule has 0 aliphatic rings. The molecule has 1 rings (SSSR count). The minimum atomic E-state index is -0.519. The first-order chi connectivity index (χ1) is 6.99. The lowest BCUT2D eigenvalue weighted by atomic mass is 10.4. The molecule has 0 radical (unpaired) electrons. The van der Waals surface area contributed by atoms with Gasteiger partial charge < -0.3 is 10.4 Å². The molecule has 1 amide bonds. The first-order valence-electron chi connectivity index (χ1n) is 4.95. The fourth-order valence-corrected chi connectivity index (χ4v) is 1.29. The van der Waals surface area contributed by atoms with Gasteiger partial charge in [0.2, 0.25) is 5.91 Å². The SMILES string of the molecule is Cc1cc(C)n(CC(=O)NC[C@H](C)O)n1. The van der Waals surface area contributed by atoms with Gasteiger partial charge in [-0.3, -0.25) is 9.48 Å². The van der Waals surface area contributed by atoms with Gasteiger partial charge in [0.15, 0.2) is 0 Å². The third-order valence-electron chi connectivity index (χ3n) is 1.99. The zero-order chi connectivity index (χ0) is 11.4. The van der Waals surface area contributed by atoms with E-state index in [0.29, 0.717) is 0 Å². The van der Waals surface area contributed by atoms with Gasteiger partial charge in [-0.25, -0.2) is 0 Å². The third-order valence-corrected chi connectivity index (χ3v) is 1.99. The molecule has 0 saturated carbocycles. The van der Waals surface area contributed by atoms with Crippen LogP contribution in [0.2, 0.25) is 0 Å². The fraction of sp³-hybridized carbons (Fsp3) is 0.600. The van der Waals surface area contributed by atoms with Gasteiger partial charge in [-0.15, -0.1) is 0 Å². The predicted octanol–water partition coefficient (Wildman–Crippen LogP) is -0.00306. The van der Waals surface area contributed by atoms with E-state index in [9.17, 15) is 4.79 Å². The summed E-state index contributed by atoms with van der Waals surface area (Å²) in [6, 6.07) is 1.92. The molecule has 0 bridgehead atoms. The fourth-order valence-electron chi connectivity index (χ4n) is 1.29. The second-order valence-corrected chi connectivity index (χ2v) is 3.74. The number of carbonyl (C=O) groups excluding carboxylic acids is 1. The number of aryl methyl sites for hydroxylation is 2. The van der Waals surface area contributed by atoms with E-state index in [1.54, 1.807) is 11.6 Å². The highest BCUT2D eigenvalue weighted by Crippen LogP contribution is 2.00. The van der Waals surface area contributed by atoms with Gasteiger partial charge in [-0.1, -0.05) is 0 Å². The Morgan fingerprint density at radius 2 is 2.33 bits per heavy atom. The summed E-state index contributed by atoms with van der Waals surface area (Å²) >= 11 is 0. The van der Waals surface area contributed by atoms with Crippen LogP contribution in [-0.4, -0.2) is 33.4 Å². The number of carbonyl (C=O) groups is 1. The average Bonchev–Trinajstić information content (AvgIpc) is 2.42. The highest BCUT2D eigenvalue weighted by atomic mass is 16.3. The predicted molar refractivity (Wildman–Crippen MR) is 56.4 cm³/mol. The number of aromatic nitrogens is 2. The van der Waals surface area contributed by atoms with Crippen molar-refractivity contribution in [3.8, 4) is 0 Å². The van der Waals surface area contributed by atoms with Crippen LogP contribution >= 0.6 is 0 Å². The largest absolute Gasteiger partial charge is 0.392 e. The van der Waals surface area contributed by atoms with E-state index in [2.05, 4.69) is 10.4 Å². The number of amides is 1. The lowest BCUT2D eigenvalue weighted by Gasteiger charge is -2.07. The summed E-state index contributed by atoms with van der Waals surface area (Å²) in [6.07, 6.45) is -0.519. The maximum atomic E-state index is 11.4. The number of rotatable bonds is 4. The minimum absolute atomic E-state index is 0.137. The molecular weight excluding hydrogens is 194 g/mol. The van der Waals surface area contributed by atoms with Crippen LogP contribution in [0.25, 0.3) is 0 Å². The molecule has 1 atom stereocenters. The maximum absolute atomic E-state index is 11.4. The van der Waals surface area contributed by atoms with Crippen LogP contribution in [0.1, 0.15) is 18.3 Å². The molecule has 5 nitrogen and oxygen atoms in total. The Morgan fingerprint density at radius 1 is 1.67 bits per heavy atom. The Labute approximate surface area is 89.1 Å². The second-order valence-electron chi connectivity index (χ2n) is 3.74. The van der Waals surface area contributed by atoms with Crippen molar-refractivity contribution in [1.82, 2.24) is 15.1 Å². The maximum Gasteiger partial charge on any atom is 0.241 e. The van der Waals surface area contributed by atoms with Crippen molar-refractivity contribution in [2.45, 2.75) is 33.4 Å². The van der Waals surface area contributed by atoms with Crippen molar-refractivity contribution in [3.63, 3.8) is 0 Å². The zero-order valence-electron chi connectivity index (χ0n) is 9.32. The Morgan fingerprint density at radius 3 is 2.80 bits per heavy atom. The molecule has 0 saturated heterocycles. The smallest absolute Gasteiger partial charge is 0.241 e. The molecular formula is C10H17N3O2. The van der Waals surface area contributed by atoms with Crippen molar-refractivity contribution in [2.75, 3.05) is 6.54 Å². The Hall–Kier alpha value is -1.36. The topological polar surface area (TPSA) is 67.2 Å². The average molecular weight is 211 g/mol. The number of hydrogen-bond donors (Lipinski definition) is 2. The molecule has 84 valence electrons. The van der Waals surface area contributed by atoms with Crippen molar-refractivity contribution >= 4 is 5.91 Å². The van der Waals surface area contributed by atoms with E-state index in [1.165, 1.54) is 0 Å². The normalized spacial score (nSPS) is 12.5. The van der Waals surface area contributed by atoms with Gasteiger partial charge in [0.25, 0.3) is 0 Å². The van der Waals surface area contributed by atoms with Crippen LogP contribution in [0.15, 0.2) is 6.07 Å². The Kier molecular flexibility index (Phi) is 3.85. The minimum Gasteiger partial charge on any atom is -0.392 e. The number of aliphatic hydroxyl groups is 1. The summed E-state index contributed by atoms with van der Waals surface area (Å²) < 4.78 is 1.65. The van der Waals surface area contributed by atoms with Crippen molar-refractivity contribution in [1.29, 1.82) is 0 Å². The standard InChI is InChI=1S/C10H17N3O2/c1-7-4-8(2)13(12-7)6-10(15)11-5-9(3)14/h4,9,14H,5-6H2,1-3H3,(H,11,15)/t9-/m0/s1. The van der Waals surface area contributed by atoms with E-state index < -0.39 is 6.10 Å². The molecule has 5 heteroatoms. The molecule has 0 aromatic carbocycles. The van der Waals surface area contributed by atoms with Crippen LogP contribution < -0.4 is 5.32 Å². The molecule has 0 aliphatic carbocycles. The monoisotopic (exact) mass is 211 g/mol. The summed E-state index contributed by atoms with van der Waals surface area (Å²) in [7, 11) is 0. The van der Waals surface area contributed by atoms with E-state index in [1.807, 2.05) is 19.9 Å².